The Balaban J connectivity index is 1.54. The first kappa shape index (κ1) is 15.3. The van der Waals surface area contributed by atoms with Gasteiger partial charge >= 0.3 is 0 Å². The van der Waals surface area contributed by atoms with E-state index < -0.39 is 0 Å². The molecule has 0 bridgehead atoms. The fourth-order valence-corrected chi connectivity index (χ4v) is 3.56. The van der Waals surface area contributed by atoms with Crippen molar-refractivity contribution < 1.29 is 4.79 Å². The van der Waals surface area contributed by atoms with Crippen LogP contribution in [0.15, 0.2) is 35.7 Å². The molecule has 22 heavy (non-hydrogen) atoms. The van der Waals surface area contributed by atoms with Crippen LogP contribution in [0.2, 0.25) is 0 Å². The molecule has 3 nitrogen and oxygen atoms in total. The summed E-state index contributed by atoms with van der Waals surface area (Å²) in [6, 6.07) is 10.0. The maximum atomic E-state index is 12.1. The maximum absolute atomic E-state index is 12.1. The Labute approximate surface area is 136 Å². The van der Waals surface area contributed by atoms with E-state index in [9.17, 15) is 4.79 Å². The van der Waals surface area contributed by atoms with Crippen LogP contribution in [0.4, 0.5) is 0 Å². The van der Waals surface area contributed by atoms with E-state index in [1.807, 2.05) is 24.3 Å². The normalized spacial score (nSPS) is 15.1. The van der Waals surface area contributed by atoms with Crippen LogP contribution >= 0.6 is 11.3 Å². The fourth-order valence-electron chi connectivity index (χ4n) is 2.84. The summed E-state index contributed by atoms with van der Waals surface area (Å²) in [4.78, 5) is 15.9. The summed E-state index contributed by atoms with van der Waals surface area (Å²) < 4.78 is 0. The molecule has 1 N–H and O–H groups in total. The molecule has 1 fully saturated rings. The Bertz CT molecular complexity index is 627. The predicted octanol–water partition coefficient (Wildman–Crippen LogP) is 3.55. The average molecular weight is 314 g/mol. The number of benzene rings is 1. The Morgan fingerprint density at radius 1 is 1.18 bits per heavy atom. The van der Waals surface area contributed by atoms with E-state index in [1.165, 1.54) is 36.4 Å². The zero-order chi connectivity index (χ0) is 15.4. The van der Waals surface area contributed by atoms with Gasteiger partial charge in [-0.1, -0.05) is 12.1 Å². The van der Waals surface area contributed by atoms with Gasteiger partial charge in [-0.2, -0.15) is 0 Å². The van der Waals surface area contributed by atoms with Gasteiger partial charge in [-0.05, 0) is 67.6 Å². The minimum atomic E-state index is 0.0206. The predicted molar refractivity (Wildman–Crippen MR) is 92.5 cm³/mol. The first-order chi connectivity index (χ1) is 10.7. The molecule has 1 aromatic carbocycles. The first-order valence-electron chi connectivity index (χ1n) is 7.88. The molecular weight excluding hydrogens is 292 g/mol. The molecule has 1 amide bonds. The summed E-state index contributed by atoms with van der Waals surface area (Å²) in [6.45, 7) is 6.13. The Kier molecular flexibility index (Phi) is 4.90. The third-order valence-corrected chi connectivity index (χ3v) is 4.98. The molecule has 1 aliphatic rings. The number of carbonyl (C=O) groups is 1. The van der Waals surface area contributed by atoms with E-state index in [0.29, 0.717) is 0 Å². The topological polar surface area (TPSA) is 32.3 Å². The van der Waals surface area contributed by atoms with Gasteiger partial charge in [-0.3, -0.25) is 4.79 Å². The Hall–Kier alpha value is -1.65. The smallest absolute Gasteiger partial charge is 0.251 e. The van der Waals surface area contributed by atoms with E-state index in [0.717, 1.165) is 24.2 Å². The van der Waals surface area contributed by atoms with Crippen molar-refractivity contribution in [2.24, 2.45) is 0 Å². The van der Waals surface area contributed by atoms with Crippen molar-refractivity contribution in [2.75, 3.05) is 26.2 Å². The molecule has 2 aromatic rings. The molecule has 0 unspecified atom stereocenters. The van der Waals surface area contributed by atoms with Crippen LogP contribution in [0.25, 0.3) is 11.1 Å². The van der Waals surface area contributed by atoms with Crippen molar-refractivity contribution in [1.29, 1.82) is 0 Å². The van der Waals surface area contributed by atoms with Gasteiger partial charge in [0.1, 0.15) is 0 Å². The molecule has 2 heterocycles. The molecule has 1 saturated heterocycles. The fraction of sp³-hybridized carbons (Fsp3) is 0.389. The monoisotopic (exact) mass is 314 g/mol. The van der Waals surface area contributed by atoms with Gasteiger partial charge < -0.3 is 10.2 Å². The quantitative estimate of drug-likeness (QED) is 0.915. The summed E-state index contributed by atoms with van der Waals surface area (Å²) in [6.07, 6.45) is 2.58. The highest BCUT2D eigenvalue weighted by Gasteiger charge is 2.11. The van der Waals surface area contributed by atoms with Crippen LogP contribution in [0.5, 0.6) is 0 Å². The lowest BCUT2D eigenvalue weighted by molar-refractivity contribution is 0.0950. The number of carbonyl (C=O) groups excluding carboxylic acids is 1. The van der Waals surface area contributed by atoms with Gasteiger partial charge in [0.05, 0.1) is 0 Å². The van der Waals surface area contributed by atoms with Gasteiger partial charge in [-0.25, -0.2) is 0 Å². The SMILES string of the molecule is Cc1cc(-c2ccc(C(=O)NCCN3CCCC3)cc2)cs1. The maximum Gasteiger partial charge on any atom is 0.251 e. The molecule has 1 aromatic heterocycles. The number of likely N-dealkylation sites (tertiary alicyclic amines) is 1. The number of hydrogen-bond acceptors (Lipinski definition) is 3. The second kappa shape index (κ2) is 7.07. The Morgan fingerprint density at radius 2 is 1.91 bits per heavy atom. The van der Waals surface area contributed by atoms with Crippen molar-refractivity contribution in [3.05, 3.63) is 46.2 Å². The van der Waals surface area contributed by atoms with E-state index in [4.69, 9.17) is 0 Å². The zero-order valence-electron chi connectivity index (χ0n) is 13.0. The van der Waals surface area contributed by atoms with Crippen LogP contribution in [-0.4, -0.2) is 37.0 Å². The van der Waals surface area contributed by atoms with Crippen LogP contribution in [0.1, 0.15) is 28.1 Å². The number of thiophene rings is 1. The molecular formula is C18H22N2OS. The molecule has 4 heteroatoms. The summed E-state index contributed by atoms with van der Waals surface area (Å²) >= 11 is 1.75. The molecule has 0 atom stereocenters. The van der Waals surface area contributed by atoms with E-state index >= 15 is 0 Å². The molecule has 0 radical (unpaired) electrons. The number of rotatable bonds is 5. The highest BCUT2D eigenvalue weighted by Crippen LogP contribution is 2.25. The second-order valence-electron chi connectivity index (χ2n) is 5.83. The molecule has 0 spiro atoms. The number of hydrogen-bond donors (Lipinski definition) is 1. The molecule has 0 aliphatic carbocycles. The van der Waals surface area contributed by atoms with Gasteiger partial charge in [0.15, 0.2) is 0 Å². The number of aryl methyl sites for hydroxylation is 1. The summed E-state index contributed by atoms with van der Waals surface area (Å²) in [5.74, 6) is 0.0206. The van der Waals surface area contributed by atoms with Crippen LogP contribution in [-0.2, 0) is 0 Å². The van der Waals surface area contributed by atoms with E-state index in [-0.39, 0.29) is 5.91 Å². The molecule has 3 rings (SSSR count). The molecule has 116 valence electrons. The number of nitrogens with zero attached hydrogens (tertiary/aromatic N) is 1. The standard InChI is InChI=1S/C18H22N2OS/c1-14-12-17(13-22-14)15-4-6-16(7-5-15)18(21)19-8-11-20-9-2-3-10-20/h4-7,12-13H,2-3,8-11H2,1H3,(H,19,21). The van der Waals surface area contributed by atoms with E-state index in [1.54, 1.807) is 11.3 Å². The van der Waals surface area contributed by atoms with Crippen LogP contribution in [0, 0.1) is 6.92 Å². The van der Waals surface area contributed by atoms with Crippen molar-refractivity contribution >= 4 is 17.2 Å². The summed E-state index contributed by atoms with van der Waals surface area (Å²) in [5.41, 5.74) is 3.12. The van der Waals surface area contributed by atoms with Crippen molar-refractivity contribution in [1.82, 2.24) is 10.2 Å². The van der Waals surface area contributed by atoms with Gasteiger partial charge in [0.2, 0.25) is 0 Å². The highest BCUT2D eigenvalue weighted by atomic mass is 32.1. The zero-order valence-corrected chi connectivity index (χ0v) is 13.8. The van der Waals surface area contributed by atoms with Gasteiger partial charge in [0.25, 0.3) is 5.91 Å². The molecule has 1 aliphatic heterocycles. The van der Waals surface area contributed by atoms with Gasteiger partial charge in [0, 0.05) is 23.5 Å². The highest BCUT2D eigenvalue weighted by molar-refractivity contribution is 7.10. The Morgan fingerprint density at radius 3 is 2.55 bits per heavy atom. The van der Waals surface area contributed by atoms with Crippen LogP contribution in [0.3, 0.4) is 0 Å². The lowest BCUT2D eigenvalue weighted by Crippen LogP contribution is -2.33. The van der Waals surface area contributed by atoms with Gasteiger partial charge in [-0.15, -0.1) is 11.3 Å². The van der Waals surface area contributed by atoms with E-state index in [2.05, 4.69) is 28.6 Å². The van der Waals surface area contributed by atoms with Crippen molar-refractivity contribution in [3.63, 3.8) is 0 Å². The summed E-state index contributed by atoms with van der Waals surface area (Å²) in [5, 5.41) is 5.16. The largest absolute Gasteiger partial charge is 0.351 e. The molecule has 0 saturated carbocycles. The van der Waals surface area contributed by atoms with Crippen LogP contribution < -0.4 is 5.32 Å². The van der Waals surface area contributed by atoms with Crippen molar-refractivity contribution in [3.8, 4) is 11.1 Å². The third-order valence-electron chi connectivity index (χ3n) is 4.12. The number of amides is 1. The lowest BCUT2D eigenvalue weighted by Gasteiger charge is -2.14. The minimum Gasteiger partial charge on any atom is -0.351 e. The number of nitrogens with one attached hydrogen (secondary N) is 1. The average Bonchev–Trinajstić information content (AvgIpc) is 3.19. The minimum absolute atomic E-state index is 0.0206. The third kappa shape index (κ3) is 3.76. The second-order valence-corrected chi connectivity index (χ2v) is 6.94. The first-order valence-corrected chi connectivity index (χ1v) is 8.76. The lowest BCUT2D eigenvalue weighted by atomic mass is 10.1. The van der Waals surface area contributed by atoms with Crippen molar-refractivity contribution in [2.45, 2.75) is 19.8 Å². The summed E-state index contributed by atoms with van der Waals surface area (Å²) in [7, 11) is 0.